The van der Waals surface area contributed by atoms with Crippen molar-refractivity contribution in [3.05, 3.63) is 29.3 Å². The lowest BCUT2D eigenvalue weighted by Crippen LogP contribution is -2.28. The molecule has 0 bridgehead atoms. The molecule has 0 saturated carbocycles. The van der Waals surface area contributed by atoms with E-state index in [4.69, 9.17) is 4.74 Å². The van der Waals surface area contributed by atoms with Crippen molar-refractivity contribution in [2.75, 3.05) is 26.8 Å². The molecule has 0 unspecified atom stereocenters. The Morgan fingerprint density at radius 1 is 1.40 bits per heavy atom. The van der Waals surface area contributed by atoms with Crippen molar-refractivity contribution < 1.29 is 23.4 Å². The van der Waals surface area contributed by atoms with Crippen molar-refractivity contribution in [3.63, 3.8) is 0 Å². The molecule has 20 heavy (non-hydrogen) atoms. The van der Waals surface area contributed by atoms with Crippen LogP contribution in [0.2, 0.25) is 0 Å². The van der Waals surface area contributed by atoms with E-state index in [0.717, 1.165) is 12.1 Å². The van der Waals surface area contributed by atoms with Crippen molar-refractivity contribution in [3.8, 4) is 5.75 Å². The molecule has 0 radical (unpaired) electrons. The fraction of sp³-hybridized carbons (Fsp3) is 0.500. The molecule has 6 heteroatoms. The summed E-state index contributed by atoms with van der Waals surface area (Å²) in [6.07, 6.45) is 0.695. The summed E-state index contributed by atoms with van der Waals surface area (Å²) in [5, 5.41) is 9.62. The Morgan fingerprint density at radius 2 is 2.10 bits per heavy atom. The van der Waals surface area contributed by atoms with Gasteiger partial charge in [0, 0.05) is 32.7 Å². The Hall–Kier alpha value is -1.69. The molecule has 1 N–H and O–H groups in total. The minimum atomic E-state index is -1.07. The number of phenols is 1. The highest BCUT2D eigenvalue weighted by Crippen LogP contribution is 2.28. The van der Waals surface area contributed by atoms with Gasteiger partial charge in [-0.15, -0.1) is 0 Å². The number of benzene rings is 1. The van der Waals surface area contributed by atoms with Crippen LogP contribution in [-0.2, 0) is 16.0 Å². The van der Waals surface area contributed by atoms with Crippen molar-refractivity contribution in [2.24, 2.45) is 5.92 Å². The lowest BCUT2D eigenvalue weighted by Gasteiger charge is -2.16. The van der Waals surface area contributed by atoms with Crippen molar-refractivity contribution in [2.45, 2.75) is 12.8 Å². The first-order valence-corrected chi connectivity index (χ1v) is 6.45. The maximum Gasteiger partial charge on any atom is 0.223 e. The lowest BCUT2D eigenvalue weighted by atomic mass is 9.97. The molecule has 0 aliphatic carbocycles. The zero-order valence-corrected chi connectivity index (χ0v) is 11.2. The molecule has 2 rings (SSSR count). The minimum Gasteiger partial charge on any atom is -0.508 e. The average molecular weight is 285 g/mol. The molecule has 1 aromatic rings. The number of rotatable bonds is 5. The summed E-state index contributed by atoms with van der Waals surface area (Å²) in [6, 6.07) is 1.76. The highest BCUT2D eigenvalue weighted by molar-refractivity contribution is 5.78. The first-order valence-electron chi connectivity index (χ1n) is 6.45. The van der Waals surface area contributed by atoms with Crippen LogP contribution in [0, 0.1) is 17.6 Å². The number of phenolic OH excluding ortho intramolecular Hbond substituents is 1. The zero-order valence-electron chi connectivity index (χ0n) is 11.2. The molecule has 0 aromatic heterocycles. The van der Waals surface area contributed by atoms with Gasteiger partial charge in [0.1, 0.15) is 5.75 Å². The Bertz CT molecular complexity index is 507. The average Bonchev–Trinajstić information content (AvgIpc) is 2.74. The fourth-order valence-electron chi connectivity index (χ4n) is 2.46. The molecular formula is C14H17F2NO3. The summed E-state index contributed by atoms with van der Waals surface area (Å²) in [5.41, 5.74) is 0.329. The molecule has 1 aromatic carbocycles. The van der Waals surface area contributed by atoms with Gasteiger partial charge in [-0.2, -0.15) is 0 Å². The van der Waals surface area contributed by atoms with Gasteiger partial charge in [-0.3, -0.25) is 4.79 Å². The fourth-order valence-corrected chi connectivity index (χ4v) is 2.46. The van der Waals surface area contributed by atoms with Gasteiger partial charge in [0.25, 0.3) is 0 Å². The van der Waals surface area contributed by atoms with Crippen molar-refractivity contribution in [1.29, 1.82) is 0 Å². The summed E-state index contributed by atoms with van der Waals surface area (Å²) < 4.78 is 31.0. The van der Waals surface area contributed by atoms with Crippen LogP contribution in [0.3, 0.4) is 0 Å². The second kappa shape index (κ2) is 6.17. The van der Waals surface area contributed by atoms with Crippen LogP contribution in [0.15, 0.2) is 12.1 Å². The van der Waals surface area contributed by atoms with Gasteiger partial charge in [0.05, 0.1) is 6.61 Å². The monoisotopic (exact) mass is 285 g/mol. The molecule has 1 saturated heterocycles. The summed E-state index contributed by atoms with van der Waals surface area (Å²) in [5.74, 6) is -2.32. The number of halogens is 2. The van der Waals surface area contributed by atoms with E-state index in [1.807, 2.05) is 0 Å². The summed E-state index contributed by atoms with van der Waals surface area (Å²) >= 11 is 0. The van der Waals surface area contributed by atoms with Crippen LogP contribution in [-0.4, -0.2) is 42.7 Å². The van der Waals surface area contributed by atoms with Crippen LogP contribution >= 0.6 is 0 Å². The zero-order chi connectivity index (χ0) is 14.7. The maximum absolute atomic E-state index is 13.2. The van der Waals surface area contributed by atoms with Gasteiger partial charge in [-0.05, 0) is 24.0 Å². The molecule has 1 fully saturated rings. The van der Waals surface area contributed by atoms with E-state index in [9.17, 15) is 18.7 Å². The third-order valence-electron chi connectivity index (χ3n) is 3.49. The van der Waals surface area contributed by atoms with Gasteiger partial charge in [0.15, 0.2) is 11.6 Å². The molecule has 0 spiro atoms. The number of hydrogen-bond donors (Lipinski definition) is 1. The molecule has 1 aliphatic rings. The first-order chi connectivity index (χ1) is 9.51. The number of hydrogen-bond acceptors (Lipinski definition) is 3. The number of aromatic hydroxyl groups is 1. The Kier molecular flexibility index (Phi) is 4.54. The highest BCUT2D eigenvalue weighted by atomic mass is 19.2. The lowest BCUT2D eigenvalue weighted by molar-refractivity contribution is -0.128. The smallest absolute Gasteiger partial charge is 0.223 e. The van der Waals surface area contributed by atoms with Gasteiger partial charge in [0.2, 0.25) is 5.91 Å². The largest absolute Gasteiger partial charge is 0.508 e. The quantitative estimate of drug-likeness (QED) is 0.896. The van der Waals surface area contributed by atoms with Crippen LogP contribution in [0.5, 0.6) is 5.75 Å². The van der Waals surface area contributed by atoms with Gasteiger partial charge in [-0.1, -0.05) is 0 Å². The van der Waals surface area contributed by atoms with E-state index in [0.29, 0.717) is 38.1 Å². The van der Waals surface area contributed by atoms with E-state index in [1.54, 1.807) is 12.0 Å². The molecule has 4 nitrogen and oxygen atoms in total. The van der Waals surface area contributed by atoms with Gasteiger partial charge in [-0.25, -0.2) is 8.78 Å². The Morgan fingerprint density at radius 3 is 2.80 bits per heavy atom. The second-order valence-electron chi connectivity index (χ2n) is 5.00. The molecule has 1 heterocycles. The second-order valence-corrected chi connectivity index (χ2v) is 5.00. The van der Waals surface area contributed by atoms with Crippen LogP contribution in [0.25, 0.3) is 0 Å². The molecule has 1 atom stereocenters. The SMILES string of the molecule is COCCN1C[C@@H](Cc2cc(F)c(F)cc2O)CC1=O. The normalized spacial score (nSPS) is 18.9. The third-order valence-corrected chi connectivity index (χ3v) is 3.49. The molecule has 110 valence electrons. The number of amides is 1. The van der Waals surface area contributed by atoms with E-state index in [2.05, 4.69) is 0 Å². The first kappa shape index (κ1) is 14.7. The molecule has 1 amide bonds. The summed E-state index contributed by atoms with van der Waals surface area (Å²) in [6.45, 7) is 1.53. The minimum absolute atomic E-state index is 0.00452. The predicted molar refractivity (Wildman–Crippen MR) is 68.3 cm³/mol. The van der Waals surface area contributed by atoms with E-state index >= 15 is 0 Å². The molecular weight excluding hydrogens is 268 g/mol. The van der Waals surface area contributed by atoms with Crippen LogP contribution in [0.4, 0.5) is 8.78 Å². The summed E-state index contributed by atoms with van der Waals surface area (Å²) in [4.78, 5) is 13.4. The topological polar surface area (TPSA) is 49.8 Å². The number of methoxy groups -OCH3 is 1. The van der Waals surface area contributed by atoms with Gasteiger partial charge < -0.3 is 14.7 Å². The van der Waals surface area contributed by atoms with E-state index in [-0.39, 0.29) is 17.6 Å². The number of carbonyl (C=O) groups excluding carboxylic acids is 1. The van der Waals surface area contributed by atoms with Crippen molar-refractivity contribution >= 4 is 5.91 Å². The van der Waals surface area contributed by atoms with E-state index < -0.39 is 11.6 Å². The van der Waals surface area contributed by atoms with E-state index in [1.165, 1.54) is 0 Å². The van der Waals surface area contributed by atoms with Crippen LogP contribution in [0.1, 0.15) is 12.0 Å². The standard InChI is InChI=1S/C14H17F2NO3/c1-20-3-2-17-8-9(5-14(17)19)4-10-6-11(15)12(16)7-13(10)18/h6-7,9,18H,2-5,8H2,1H3/t9-/m0/s1. The van der Waals surface area contributed by atoms with Gasteiger partial charge >= 0.3 is 0 Å². The highest BCUT2D eigenvalue weighted by Gasteiger charge is 2.30. The third kappa shape index (κ3) is 3.25. The number of ether oxygens (including phenoxy) is 1. The Labute approximate surface area is 116 Å². The number of carbonyl (C=O) groups is 1. The summed E-state index contributed by atoms with van der Waals surface area (Å²) in [7, 11) is 1.57. The number of nitrogens with zero attached hydrogens (tertiary/aromatic N) is 1. The molecule has 1 aliphatic heterocycles. The Balaban J connectivity index is 2.01. The number of likely N-dealkylation sites (tertiary alicyclic amines) is 1. The predicted octanol–water partition coefficient (Wildman–Crippen LogP) is 1.71. The van der Waals surface area contributed by atoms with Crippen LogP contribution < -0.4 is 0 Å². The van der Waals surface area contributed by atoms with Crippen molar-refractivity contribution in [1.82, 2.24) is 4.90 Å². The maximum atomic E-state index is 13.2.